The zero-order valence-electron chi connectivity index (χ0n) is 9.53. The first-order valence-corrected chi connectivity index (χ1v) is 8.73. The Morgan fingerprint density at radius 2 is 2.00 bits per heavy atom. The van der Waals surface area contributed by atoms with E-state index in [0.717, 1.165) is 17.8 Å². The molecule has 1 aromatic carbocycles. The molecular weight excluding hydrogens is 271 g/mol. The summed E-state index contributed by atoms with van der Waals surface area (Å²) in [7, 11) is 0. The Morgan fingerprint density at radius 1 is 1.33 bits per heavy atom. The van der Waals surface area contributed by atoms with Crippen LogP contribution in [0.15, 0.2) is 24.3 Å². The van der Waals surface area contributed by atoms with Gasteiger partial charge in [-0.25, -0.2) is 0 Å². The fourth-order valence-corrected chi connectivity index (χ4v) is 3.48. The van der Waals surface area contributed by atoms with Gasteiger partial charge in [0.05, 0.1) is 0 Å². The zero-order chi connectivity index (χ0) is 11.3. The van der Waals surface area contributed by atoms with Crippen molar-refractivity contribution in [2.75, 3.05) is 6.16 Å². The van der Waals surface area contributed by atoms with Crippen LogP contribution >= 0.6 is 22.3 Å². The van der Waals surface area contributed by atoms with Crippen LogP contribution in [0.5, 0.6) is 5.75 Å². The fourth-order valence-electron chi connectivity index (χ4n) is 1.17. The number of hydrogen-bond acceptors (Lipinski definition) is 1. The van der Waals surface area contributed by atoms with Gasteiger partial charge in [0.2, 0.25) is 0 Å². The molecule has 0 bridgehead atoms. The number of aryl methyl sites for hydroxylation is 1. The van der Waals surface area contributed by atoms with Crippen molar-refractivity contribution in [2.45, 2.75) is 27.2 Å². The summed E-state index contributed by atoms with van der Waals surface area (Å²) >= 11 is 3.62. The van der Waals surface area contributed by atoms with Crippen LogP contribution in [0.4, 0.5) is 0 Å². The molecule has 0 aliphatic rings. The van der Waals surface area contributed by atoms with E-state index >= 15 is 0 Å². The van der Waals surface area contributed by atoms with Gasteiger partial charge in [0.15, 0.2) is 6.85 Å². The topological polar surface area (TPSA) is 9.23 Å². The van der Waals surface area contributed by atoms with Gasteiger partial charge in [0, 0.05) is 6.16 Å². The van der Waals surface area contributed by atoms with E-state index in [1.807, 2.05) is 18.2 Å². The second kappa shape index (κ2) is 6.50. The molecule has 0 spiro atoms. The Balaban J connectivity index is 2.44. The Labute approximate surface area is 102 Å². The van der Waals surface area contributed by atoms with Gasteiger partial charge >= 0.3 is 0 Å². The average Bonchev–Trinajstić information content (AvgIpc) is 2.18. The van der Waals surface area contributed by atoms with Gasteiger partial charge in [-0.1, -0.05) is 32.0 Å². The van der Waals surface area contributed by atoms with E-state index < -0.39 is 6.85 Å². The second-order valence-electron chi connectivity index (χ2n) is 4.08. The van der Waals surface area contributed by atoms with Crippen molar-refractivity contribution in [3.63, 3.8) is 0 Å². The molecule has 1 unspecified atom stereocenters. The predicted molar refractivity (Wildman–Crippen MR) is 72.0 cm³/mol. The largest absolute Gasteiger partial charge is 0.462 e. The van der Waals surface area contributed by atoms with Crippen LogP contribution in [-0.4, -0.2) is 6.16 Å². The third-order valence-electron chi connectivity index (χ3n) is 2.17. The monoisotopic (exact) mass is 288 g/mol. The standard InChI is InChI=1S/C12H18BrOP/c1-10(2)8-9-15(13)14-12-7-5-4-6-11(12)3/h4-7,10H,8-9H2,1-3H3. The minimum absolute atomic E-state index is 0.493. The Kier molecular flexibility index (Phi) is 5.63. The van der Waals surface area contributed by atoms with Crippen molar-refractivity contribution in [3.8, 4) is 5.75 Å². The third-order valence-corrected chi connectivity index (χ3v) is 4.68. The van der Waals surface area contributed by atoms with Crippen LogP contribution in [0.25, 0.3) is 0 Å². The lowest BCUT2D eigenvalue weighted by molar-refractivity contribution is 0.592. The van der Waals surface area contributed by atoms with Gasteiger partial charge in [-0.3, -0.25) is 0 Å². The number of rotatable bonds is 5. The maximum atomic E-state index is 5.88. The quantitative estimate of drug-likeness (QED) is 0.683. The highest BCUT2D eigenvalue weighted by Gasteiger charge is 2.08. The molecule has 84 valence electrons. The lowest BCUT2D eigenvalue weighted by Gasteiger charge is -2.14. The van der Waals surface area contributed by atoms with Crippen molar-refractivity contribution in [1.29, 1.82) is 0 Å². The zero-order valence-corrected chi connectivity index (χ0v) is 12.0. The van der Waals surface area contributed by atoms with Gasteiger partial charge in [0.1, 0.15) is 5.75 Å². The number of halogens is 1. The summed E-state index contributed by atoms with van der Waals surface area (Å²) in [5.41, 5.74) is 1.20. The van der Waals surface area contributed by atoms with Crippen molar-refractivity contribution in [3.05, 3.63) is 29.8 Å². The summed E-state index contributed by atoms with van der Waals surface area (Å²) in [6, 6.07) is 8.16. The first-order valence-electron chi connectivity index (χ1n) is 5.26. The van der Waals surface area contributed by atoms with Crippen LogP contribution < -0.4 is 4.52 Å². The minimum Gasteiger partial charge on any atom is -0.462 e. The first-order chi connectivity index (χ1) is 7.09. The Hall–Kier alpha value is -0.0700. The van der Waals surface area contributed by atoms with Crippen molar-refractivity contribution >= 4 is 22.3 Å². The summed E-state index contributed by atoms with van der Waals surface area (Å²) in [6.45, 7) is 6.06. The van der Waals surface area contributed by atoms with Crippen LogP contribution in [0.1, 0.15) is 25.8 Å². The molecule has 0 heterocycles. The van der Waals surface area contributed by atoms with Crippen LogP contribution in [0, 0.1) is 12.8 Å². The van der Waals surface area contributed by atoms with Crippen LogP contribution in [0.3, 0.4) is 0 Å². The summed E-state index contributed by atoms with van der Waals surface area (Å²) in [5.74, 6) is 1.75. The highest BCUT2D eigenvalue weighted by atomic mass is 79.9. The summed E-state index contributed by atoms with van der Waals surface area (Å²) in [4.78, 5) is 0. The predicted octanol–water partition coefficient (Wildman–Crippen LogP) is 5.13. The molecule has 0 fully saturated rings. The highest BCUT2D eigenvalue weighted by Crippen LogP contribution is 2.47. The molecule has 15 heavy (non-hydrogen) atoms. The summed E-state index contributed by atoms with van der Waals surface area (Å²) in [5, 5.41) is 0. The van der Waals surface area contributed by atoms with Crippen molar-refractivity contribution in [1.82, 2.24) is 0 Å². The first kappa shape index (κ1) is 13.0. The van der Waals surface area contributed by atoms with E-state index in [1.54, 1.807) is 0 Å². The lowest BCUT2D eigenvalue weighted by Crippen LogP contribution is -1.94. The molecule has 1 nitrogen and oxygen atoms in total. The normalized spacial score (nSPS) is 12.9. The fraction of sp³-hybridized carbons (Fsp3) is 0.500. The van der Waals surface area contributed by atoms with Crippen molar-refractivity contribution in [2.24, 2.45) is 5.92 Å². The molecule has 0 saturated heterocycles. The number of para-hydroxylation sites is 1. The van der Waals surface area contributed by atoms with Crippen molar-refractivity contribution < 1.29 is 4.52 Å². The molecule has 0 aliphatic carbocycles. The molecule has 1 rings (SSSR count). The molecule has 0 saturated carbocycles. The van der Waals surface area contributed by atoms with Crippen LogP contribution in [-0.2, 0) is 0 Å². The van der Waals surface area contributed by atoms with Gasteiger partial charge in [-0.05, 0) is 46.4 Å². The SMILES string of the molecule is Cc1ccccc1OP(Br)CCC(C)C. The van der Waals surface area contributed by atoms with Gasteiger partial charge in [-0.2, -0.15) is 0 Å². The average molecular weight is 289 g/mol. The van der Waals surface area contributed by atoms with E-state index in [0.29, 0.717) is 0 Å². The third kappa shape index (κ3) is 4.99. The summed E-state index contributed by atoms with van der Waals surface area (Å²) < 4.78 is 5.88. The molecule has 3 heteroatoms. The van der Waals surface area contributed by atoms with E-state index in [4.69, 9.17) is 4.52 Å². The van der Waals surface area contributed by atoms with E-state index in [2.05, 4.69) is 42.3 Å². The molecule has 0 amide bonds. The summed E-state index contributed by atoms with van der Waals surface area (Å²) in [6.07, 6.45) is 2.32. The number of benzene rings is 1. The molecule has 0 N–H and O–H groups in total. The molecular formula is C12H18BrOP. The van der Waals surface area contributed by atoms with Gasteiger partial charge < -0.3 is 4.52 Å². The number of hydrogen-bond donors (Lipinski definition) is 0. The van der Waals surface area contributed by atoms with Gasteiger partial charge in [-0.15, -0.1) is 0 Å². The smallest absolute Gasteiger partial charge is 0.157 e. The second-order valence-corrected chi connectivity index (χ2v) is 7.72. The highest BCUT2D eigenvalue weighted by molar-refractivity contribution is 9.38. The van der Waals surface area contributed by atoms with E-state index in [-0.39, 0.29) is 0 Å². The molecule has 1 aromatic rings. The molecule has 0 aliphatic heterocycles. The molecule has 0 radical (unpaired) electrons. The van der Waals surface area contributed by atoms with E-state index in [9.17, 15) is 0 Å². The van der Waals surface area contributed by atoms with E-state index in [1.165, 1.54) is 12.0 Å². The molecule has 1 atom stereocenters. The Morgan fingerprint density at radius 3 is 2.60 bits per heavy atom. The minimum atomic E-state index is -0.493. The lowest BCUT2D eigenvalue weighted by atomic mass is 10.2. The maximum Gasteiger partial charge on any atom is 0.157 e. The van der Waals surface area contributed by atoms with Crippen LogP contribution in [0.2, 0.25) is 0 Å². The maximum absolute atomic E-state index is 5.88. The van der Waals surface area contributed by atoms with Gasteiger partial charge in [0.25, 0.3) is 0 Å². The molecule has 0 aromatic heterocycles. The Bertz CT molecular complexity index is 301.